The fraction of sp³-hybridized carbons (Fsp3) is 0.312. The summed E-state index contributed by atoms with van der Waals surface area (Å²) in [5.41, 5.74) is 1.96. The molecule has 0 bridgehead atoms. The molecule has 0 radical (unpaired) electrons. The van der Waals surface area contributed by atoms with Gasteiger partial charge in [0.2, 0.25) is 4.96 Å². The number of para-hydroxylation sites is 1. The standard InChI is InChI=1S/C16H14N4OS/c1-2-21-13-6-4-3-5-11(13)14-12(9-17)20-16(18-14)22-15(19-20)10-7-8-10/h3-6,10H,2,7-8H2,1H3. The Hall–Kier alpha value is -2.39. The van der Waals surface area contributed by atoms with Crippen LogP contribution in [0.2, 0.25) is 0 Å². The third-order valence-electron chi connectivity index (χ3n) is 3.69. The zero-order valence-corrected chi connectivity index (χ0v) is 12.9. The highest BCUT2D eigenvalue weighted by molar-refractivity contribution is 7.16. The molecular weight excluding hydrogens is 296 g/mol. The van der Waals surface area contributed by atoms with Crippen LogP contribution >= 0.6 is 11.3 Å². The lowest BCUT2D eigenvalue weighted by Crippen LogP contribution is -1.96. The molecule has 2 heterocycles. The van der Waals surface area contributed by atoms with Crippen molar-refractivity contribution in [3.8, 4) is 23.1 Å². The van der Waals surface area contributed by atoms with Crippen molar-refractivity contribution in [1.29, 1.82) is 5.26 Å². The molecule has 1 aliphatic rings. The molecule has 1 aliphatic carbocycles. The van der Waals surface area contributed by atoms with Crippen LogP contribution in [0.25, 0.3) is 16.2 Å². The first-order valence-corrected chi connectivity index (χ1v) is 8.15. The Labute approximate surface area is 131 Å². The normalized spacial score (nSPS) is 14.2. The van der Waals surface area contributed by atoms with Gasteiger partial charge in [-0.2, -0.15) is 14.9 Å². The zero-order valence-electron chi connectivity index (χ0n) is 12.1. The molecule has 5 nitrogen and oxygen atoms in total. The third-order valence-corrected chi connectivity index (χ3v) is 4.76. The van der Waals surface area contributed by atoms with Gasteiger partial charge in [-0.15, -0.1) is 0 Å². The van der Waals surface area contributed by atoms with Crippen LogP contribution in [0.15, 0.2) is 24.3 Å². The van der Waals surface area contributed by atoms with Crippen molar-refractivity contribution in [3.63, 3.8) is 0 Å². The van der Waals surface area contributed by atoms with Crippen molar-refractivity contribution in [2.24, 2.45) is 0 Å². The zero-order chi connectivity index (χ0) is 15.1. The molecule has 110 valence electrons. The number of nitrogens with zero attached hydrogens (tertiary/aromatic N) is 4. The van der Waals surface area contributed by atoms with Crippen LogP contribution < -0.4 is 4.74 Å². The van der Waals surface area contributed by atoms with Crippen molar-refractivity contribution < 1.29 is 4.74 Å². The quantitative estimate of drug-likeness (QED) is 0.738. The summed E-state index contributed by atoms with van der Waals surface area (Å²) in [6.45, 7) is 2.52. The van der Waals surface area contributed by atoms with Crippen LogP contribution in [0.5, 0.6) is 5.75 Å². The molecular formula is C16H14N4OS. The SMILES string of the molecule is CCOc1ccccc1-c1nc2sc(C3CC3)nn2c1C#N. The lowest BCUT2D eigenvalue weighted by molar-refractivity contribution is 0.341. The topological polar surface area (TPSA) is 63.2 Å². The van der Waals surface area contributed by atoms with E-state index in [4.69, 9.17) is 4.74 Å². The minimum absolute atomic E-state index is 0.477. The van der Waals surface area contributed by atoms with E-state index in [0.717, 1.165) is 21.3 Å². The van der Waals surface area contributed by atoms with Gasteiger partial charge in [0, 0.05) is 11.5 Å². The van der Waals surface area contributed by atoms with E-state index in [0.29, 0.717) is 23.9 Å². The predicted molar refractivity (Wildman–Crippen MR) is 84.2 cm³/mol. The van der Waals surface area contributed by atoms with E-state index >= 15 is 0 Å². The molecule has 2 aromatic heterocycles. The number of ether oxygens (including phenoxy) is 1. The summed E-state index contributed by atoms with van der Waals surface area (Å²) >= 11 is 1.58. The molecule has 6 heteroatoms. The van der Waals surface area contributed by atoms with Gasteiger partial charge in [0.15, 0.2) is 5.69 Å². The van der Waals surface area contributed by atoms with Crippen molar-refractivity contribution in [1.82, 2.24) is 14.6 Å². The highest BCUT2D eigenvalue weighted by atomic mass is 32.1. The van der Waals surface area contributed by atoms with Crippen LogP contribution in [-0.2, 0) is 0 Å². The summed E-state index contributed by atoms with van der Waals surface area (Å²) in [6, 6.07) is 9.92. The maximum atomic E-state index is 9.56. The minimum atomic E-state index is 0.477. The monoisotopic (exact) mass is 310 g/mol. The summed E-state index contributed by atoms with van der Waals surface area (Å²) in [6.07, 6.45) is 2.39. The largest absolute Gasteiger partial charge is 0.493 e. The smallest absolute Gasteiger partial charge is 0.214 e. The predicted octanol–water partition coefficient (Wildman–Crippen LogP) is 3.61. The Morgan fingerprint density at radius 3 is 2.95 bits per heavy atom. The van der Waals surface area contributed by atoms with Crippen molar-refractivity contribution >= 4 is 16.3 Å². The molecule has 4 rings (SSSR count). The number of imidazole rings is 1. The van der Waals surface area contributed by atoms with Gasteiger partial charge in [0.05, 0.1) is 6.61 Å². The minimum Gasteiger partial charge on any atom is -0.493 e. The number of aromatic nitrogens is 3. The molecule has 0 N–H and O–H groups in total. The summed E-state index contributed by atoms with van der Waals surface area (Å²) in [5, 5.41) is 15.2. The van der Waals surface area contributed by atoms with E-state index in [1.165, 1.54) is 12.8 Å². The van der Waals surface area contributed by atoms with E-state index in [1.807, 2.05) is 31.2 Å². The van der Waals surface area contributed by atoms with Gasteiger partial charge < -0.3 is 4.74 Å². The van der Waals surface area contributed by atoms with E-state index in [9.17, 15) is 5.26 Å². The lowest BCUT2D eigenvalue weighted by Gasteiger charge is -2.07. The number of hydrogen-bond donors (Lipinski definition) is 0. The third kappa shape index (κ3) is 2.06. The maximum absolute atomic E-state index is 9.56. The van der Waals surface area contributed by atoms with Crippen molar-refractivity contribution in [2.75, 3.05) is 6.61 Å². The molecule has 0 amide bonds. The van der Waals surface area contributed by atoms with Gasteiger partial charge in [-0.05, 0) is 31.9 Å². The molecule has 1 aromatic carbocycles. The summed E-state index contributed by atoms with van der Waals surface area (Å²) in [5.74, 6) is 1.31. The summed E-state index contributed by atoms with van der Waals surface area (Å²) in [7, 11) is 0. The van der Waals surface area contributed by atoms with Crippen LogP contribution in [-0.4, -0.2) is 21.2 Å². The Bertz CT molecular complexity index is 885. The molecule has 22 heavy (non-hydrogen) atoms. The van der Waals surface area contributed by atoms with Crippen LogP contribution in [0.4, 0.5) is 0 Å². The molecule has 1 saturated carbocycles. The number of hydrogen-bond acceptors (Lipinski definition) is 5. The fourth-order valence-corrected chi connectivity index (χ4v) is 3.56. The van der Waals surface area contributed by atoms with Gasteiger partial charge in [-0.25, -0.2) is 4.98 Å². The Morgan fingerprint density at radius 1 is 1.41 bits per heavy atom. The first-order chi connectivity index (χ1) is 10.8. The second kappa shape index (κ2) is 5.11. The van der Waals surface area contributed by atoms with E-state index < -0.39 is 0 Å². The highest BCUT2D eigenvalue weighted by Crippen LogP contribution is 2.42. The summed E-state index contributed by atoms with van der Waals surface area (Å²) in [4.78, 5) is 5.42. The lowest BCUT2D eigenvalue weighted by atomic mass is 10.1. The first-order valence-electron chi connectivity index (χ1n) is 7.33. The highest BCUT2D eigenvalue weighted by Gasteiger charge is 2.29. The second-order valence-corrected chi connectivity index (χ2v) is 6.25. The second-order valence-electron chi connectivity index (χ2n) is 5.26. The fourth-order valence-electron chi connectivity index (χ4n) is 2.49. The van der Waals surface area contributed by atoms with Gasteiger partial charge >= 0.3 is 0 Å². The molecule has 0 aliphatic heterocycles. The first kappa shape index (κ1) is 13.3. The number of benzene rings is 1. The number of nitriles is 1. The van der Waals surface area contributed by atoms with Gasteiger partial charge in [0.25, 0.3) is 0 Å². The average Bonchev–Trinajstić information content (AvgIpc) is 3.21. The molecule has 0 atom stereocenters. The Balaban J connectivity index is 1.88. The number of fused-ring (bicyclic) bond motifs is 1. The van der Waals surface area contributed by atoms with Crippen LogP contribution in [0.1, 0.15) is 36.4 Å². The molecule has 0 saturated heterocycles. The molecule has 0 spiro atoms. The maximum Gasteiger partial charge on any atom is 0.214 e. The van der Waals surface area contributed by atoms with Crippen LogP contribution in [0, 0.1) is 11.3 Å². The van der Waals surface area contributed by atoms with Crippen molar-refractivity contribution in [2.45, 2.75) is 25.7 Å². The van der Waals surface area contributed by atoms with Gasteiger partial charge in [0.1, 0.15) is 22.5 Å². The Kier molecular flexibility index (Phi) is 3.09. The van der Waals surface area contributed by atoms with Crippen LogP contribution in [0.3, 0.4) is 0 Å². The number of rotatable bonds is 4. The van der Waals surface area contributed by atoms with E-state index in [-0.39, 0.29) is 0 Å². The van der Waals surface area contributed by atoms with E-state index in [1.54, 1.807) is 15.9 Å². The Morgan fingerprint density at radius 2 is 2.23 bits per heavy atom. The molecule has 3 aromatic rings. The van der Waals surface area contributed by atoms with E-state index in [2.05, 4.69) is 16.2 Å². The molecule has 0 unspecified atom stereocenters. The molecule has 1 fully saturated rings. The summed E-state index contributed by atoms with van der Waals surface area (Å²) < 4.78 is 7.34. The van der Waals surface area contributed by atoms with Crippen molar-refractivity contribution in [3.05, 3.63) is 35.0 Å². The van der Waals surface area contributed by atoms with Gasteiger partial charge in [-0.3, -0.25) is 0 Å². The van der Waals surface area contributed by atoms with Gasteiger partial charge in [-0.1, -0.05) is 23.5 Å². The average molecular weight is 310 g/mol.